The molecule has 0 bridgehead atoms. The third-order valence-electron chi connectivity index (χ3n) is 2.19. The summed E-state index contributed by atoms with van der Waals surface area (Å²) in [5.41, 5.74) is 1.48. The Hall–Kier alpha value is -0.830. The third-order valence-corrected chi connectivity index (χ3v) is 2.52. The molecule has 1 aliphatic carbocycles. The van der Waals surface area contributed by atoms with Gasteiger partial charge in [0, 0.05) is 5.02 Å². The summed E-state index contributed by atoms with van der Waals surface area (Å²) in [4.78, 5) is 0. The molecule has 68 valence electrons. The smallest absolute Gasteiger partial charge is 0.109 e. The van der Waals surface area contributed by atoms with E-state index >= 15 is 0 Å². The molecule has 2 rings (SSSR count). The SMILES string of the molecule is O[C@@H]1c2cccc(Cl)c2C=C[C@@H]1O. The van der Waals surface area contributed by atoms with Gasteiger partial charge in [-0.2, -0.15) is 0 Å². The molecule has 0 unspecified atom stereocenters. The molecule has 1 aromatic rings. The van der Waals surface area contributed by atoms with E-state index < -0.39 is 12.2 Å². The minimum atomic E-state index is -0.862. The van der Waals surface area contributed by atoms with E-state index in [0.717, 1.165) is 5.56 Å². The molecule has 0 amide bonds. The van der Waals surface area contributed by atoms with Gasteiger partial charge >= 0.3 is 0 Å². The molecule has 1 aromatic carbocycles. The predicted molar refractivity (Wildman–Crippen MR) is 51.5 cm³/mol. The molecule has 1 aliphatic rings. The van der Waals surface area contributed by atoms with Gasteiger partial charge in [0.15, 0.2) is 0 Å². The Kier molecular flexibility index (Phi) is 2.12. The molecular weight excluding hydrogens is 188 g/mol. The van der Waals surface area contributed by atoms with E-state index in [0.29, 0.717) is 10.6 Å². The Bertz CT molecular complexity index is 360. The van der Waals surface area contributed by atoms with Gasteiger partial charge in [-0.05, 0) is 17.2 Å². The van der Waals surface area contributed by atoms with Crippen LogP contribution < -0.4 is 0 Å². The van der Waals surface area contributed by atoms with Crippen molar-refractivity contribution in [2.75, 3.05) is 0 Å². The zero-order chi connectivity index (χ0) is 9.42. The van der Waals surface area contributed by atoms with Crippen LogP contribution in [0.1, 0.15) is 17.2 Å². The first-order chi connectivity index (χ1) is 6.20. The minimum Gasteiger partial charge on any atom is -0.386 e. The van der Waals surface area contributed by atoms with E-state index in [1.165, 1.54) is 0 Å². The fraction of sp³-hybridized carbons (Fsp3) is 0.200. The first-order valence-corrected chi connectivity index (χ1v) is 4.40. The average Bonchev–Trinajstić information content (AvgIpc) is 2.12. The van der Waals surface area contributed by atoms with E-state index in [2.05, 4.69) is 0 Å². The van der Waals surface area contributed by atoms with Crippen molar-refractivity contribution in [3.8, 4) is 0 Å². The fourth-order valence-electron chi connectivity index (χ4n) is 1.47. The van der Waals surface area contributed by atoms with Crippen LogP contribution in [0.25, 0.3) is 6.08 Å². The van der Waals surface area contributed by atoms with Crippen LogP contribution in [0, 0.1) is 0 Å². The van der Waals surface area contributed by atoms with Crippen LogP contribution in [-0.4, -0.2) is 16.3 Å². The molecule has 2 nitrogen and oxygen atoms in total. The summed E-state index contributed by atoms with van der Waals surface area (Å²) in [5.74, 6) is 0. The number of aliphatic hydroxyl groups excluding tert-OH is 2. The summed E-state index contributed by atoms with van der Waals surface area (Å²) in [7, 11) is 0. The predicted octanol–water partition coefficient (Wildman–Crippen LogP) is 1.76. The van der Waals surface area contributed by atoms with Crippen molar-refractivity contribution in [1.29, 1.82) is 0 Å². The Morgan fingerprint density at radius 3 is 2.77 bits per heavy atom. The highest BCUT2D eigenvalue weighted by Gasteiger charge is 2.22. The van der Waals surface area contributed by atoms with E-state index in [-0.39, 0.29) is 0 Å². The summed E-state index contributed by atoms with van der Waals surface area (Å²) in [5, 5.41) is 19.5. The Balaban J connectivity index is 2.58. The first-order valence-electron chi connectivity index (χ1n) is 4.03. The molecule has 0 aromatic heterocycles. The standard InChI is InChI=1S/C10H9ClO2/c11-8-3-1-2-7-6(8)4-5-9(12)10(7)13/h1-5,9-10,12-13H/t9-,10+/m0/s1. The number of aliphatic hydroxyl groups is 2. The van der Waals surface area contributed by atoms with E-state index in [9.17, 15) is 10.2 Å². The molecule has 0 fully saturated rings. The van der Waals surface area contributed by atoms with Crippen LogP contribution in [0.2, 0.25) is 5.02 Å². The van der Waals surface area contributed by atoms with Crippen molar-refractivity contribution < 1.29 is 10.2 Å². The average molecular weight is 197 g/mol. The van der Waals surface area contributed by atoms with Crippen molar-refractivity contribution in [2.24, 2.45) is 0 Å². The molecule has 2 atom stereocenters. The van der Waals surface area contributed by atoms with Crippen LogP contribution in [0.15, 0.2) is 24.3 Å². The first kappa shape index (κ1) is 8.75. The normalized spacial score (nSPS) is 25.8. The fourth-order valence-corrected chi connectivity index (χ4v) is 1.72. The molecule has 0 aliphatic heterocycles. The summed E-state index contributed by atoms with van der Waals surface area (Å²) in [6.07, 6.45) is 1.58. The van der Waals surface area contributed by atoms with Crippen LogP contribution in [0.4, 0.5) is 0 Å². The van der Waals surface area contributed by atoms with Gasteiger partial charge in [0.05, 0.1) is 0 Å². The van der Waals surface area contributed by atoms with Gasteiger partial charge in [0.2, 0.25) is 0 Å². The Morgan fingerprint density at radius 1 is 1.23 bits per heavy atom. The number of hydrogen-bond donors (Lipinski definition) is 2. The molecule has 0 saturated carbocycles. The minimum absolute atomic E-state index is 0.597. The summed E-state index contributed by atoms with van der Waals surface area (Å²) in [6.45, 7) is 0. The number of hydrogen-bond acceptors (Lipinski definition) is 2. The molecule has 13 heavy (non-hydrogen) atoms. The number of fused-ring (bicyclic) bond motifs is 1. The van der Waals surface area contributed by atoms with Crippen LogP contribution in [-0.2, 0) is 0 Å². The summed E-state index contributed by atoms with van der Waals surface area (Å²) in [6, 6.07) is 5.28. The maximum absolute atomic E-state index is 9.59. The van der Waals surface area contributed by atoms with Gasteiger partial charge in [0.1, 0.15) is 12.2 Å². The topological polar surface area (TPSA) is 40.5 Å². The van der Waals surface area contributed by atoms with Gasteiger partial charge in [-0.3, -0.25) is 0 Å². The van der Waals surface area contributed by atoms with Crippen molar-refractivity contribution in [2.45, 2.75) is 12.2 Å². The van der Waals surface area contributed by atoms with E-state index in [1.807, 2.05) is 0 Å². The highest BCUT2D eigenvalue weighted by Crippen LogP contribution is 2.32. The lowest BCUT2D eigenvalue weighted by atomic mass is 9.93. The largest absolute Gasteiger partial charge is 0.386 e. The second-order valence-corrected chi connectivity index (χ2v) is 3.44. The van der Waals surface area contributed by atoms with Crippen molar-refractivity contribution >= 4 is 17.7 Å². The summed E-state index contributed by atoms with van der Waals surface area (Å²) < 4.78 is 0. The quantitative estimate of drug-likeness (QED) is 0.664. The monoisotopic (exact) mass is 196 g/mol. The van der Waals surface area contributed by atoms with E-state index in [4.69, 9.17) is 11.6 Å². The molecule has 3 heteroatoms. The van der Waals surface area contributed by atoms with Gasteiger partial charge in [0.25, 0.3) is 0 Å². The number of benzene rings is 1. The van der Waals surface area contributed by atoms with Gasteiger partial charge < -0.3 is 10.2 Å². The second-order valence-electron chi connectivity index (χ2n) is 3.04. The van der Waals surface area contributed by atoms with Crippen LogP contribution in [0.5, 0.6) is 0 Å². The third kappa shape index (κ3) is 1.37. The molecule has 2 N–H and O–H groups in total. The zero-order valence-corrected chi connectivity index (χ0v) is 7.57. The maximum atomic E-state index is 9.59. The van der Waals surface area contributed by atoms with Crippen molar-refractivity contribution in [1.82, 2.24) is 0 Å². The molecule has 0 heterocycles. The Morgan fingerprint density at radius 2 is 2.00 bits per heavy atom. The van der Waals surface area contributed by atoms with E-state index in [1.54, 1.807) is 30.4 Å². The zero-order valence-electron chi connectivity index (χ0n) is 6.81. The second kappa shape index (κ2) is 3.14. The number of rotatable bonds is 0. The molecular formula is C10H9ClO2. The molecule has 0 radical (unpaired) electrons. The maximum Gasteiger partial charge on any atom is 0.109 e. The highest BCUT2D eigenvalue weighted by molar-refractivity contribution is 6.32. The molecule has 0 saturated heterocycles. The van der Waals surface area contributed by atoms with Crippen molar-refractivity contribution in [3.63, 3.8) is 0 Å². The highest BCUT2D eigenvalue weighted by atomic mass is 35.5. The van der Waals surface area contributed by atoms with Gasteiger partial charge in [-0.15, -0.1) is 0 Å². The van der Waals surface area contributed by atoms with Crippen LogP contribution in [0.3, 0.4) is 0 Å². The van der Waals surface area contributed by atoms with Crippen LogP contribution >= 0.6 is 11.6 Å². The lowest BCUT2D eigenvalue weighted by molar-refractivity contribution is 0.0470. The summed E-state index contributed by atoms with van der Waals surface area (Å²) >= 11 is 5.91. The van der Waals surface area contributed by atoms with Crippen molar-refractivity contribution in [3.05, 3.63) is 40.4 Å². The molecule has 0 spiro atoms. The van der Waals surface area contributed by atoms with Gasteiger partial charge in [-0.1, -0.05) is 35.9 Å². The number of halogens is 1. The lowest BCUT2D eigenvalue weighted by Crippen LogP contribution is -2.19. The lowest BCUT2D eigenvalue weighted by Gasteiger charge is -2.22. The van der Waals surface area contributed by atoms with Gasteiger partial charge in [-0.25, -0.2) is 0 Å². The Labute approximate surface area is 81.1 Å².